The second-order valence-corrected chi connectivity index (χ2v) is 5.12. The molecule has 1 N–H and O–H groups in total. The fourth-order valence-corrected chi connectivity index (χ4v) is 2.30. The summed E-state index contributed by atoms with van der Waals surface area (Å²) in [7, 11) is 0. The molecule has 0 saturated carbocycles. The Morgan fingerprint density at radius 1 is 1.28 bits per heavy atom. The zero-order valence-corrected chi connectivity index (χ0v) is 11.9. The molecule has 3 heteroatoms. The molecule has 2 nitrogen and oxygen atoms in total. The Labute approximate surface area is 115 Å². The van der Waals surface area contributed by atoms with Crippen LogP contribution in [-0.4, -0.2) is 17.8 Å². The lowest BCUT2D eigenvalue weighted by Gasteiger charge is -2.17. The largest absolute Gasteiger partial charge is 0.354 e. The number of benzene rings is 1. The van der Waals surface area contributed by atoms with Crippen LogP contribution in [0.1, 0.15) is 44.6 Å². The van der Waals surface area contributed by atoms with Crippen LogP contribution in [0.3, 0.4) is 0 Å². The van der Waals surface area contributed by atoms with Crippen LogP contribution in [-0.2, 0) is 4.79 Å². The van der Waals surface area contributed by atoms with E-state index in [0.717, 1.165) is 24.8 Å². The first-order chi connectivity index (χ1) is 8.69. The number of alkyl halides is 1. The summed E-state index contributed by atoms with van der Waals surface area (Å²) in [5.41, 5.74) is 1.07. The minimum absolute atomic E-state index is 0.0345. The van der Waals surface area contributed by atoms with Crippen LogP contribution in [0, 0.1) is 0 Å². The summed E-state index contributed by atoms with van der Waals surface area (Å²) in [6.45, 7) is 4.68. The average Bonchev–Trinajstić information content (AvgIpc) is 2.39. The normalized spacial score (nSPS) is 13.9. The monoisotopic (exact) mass is 267 g/mol. The van der Waals surface area contributed by atoms with Gasteiger partial charge in [0, 0.05) is 6.54 Å². The SMILES string of the molecule is CCCC(Cl)CNC(=O)C(CC)c1ccccc1. The van der Waals surface area contributed by atoms with Gasteiger partial charge in [-0.15, -0.1) is 11.6 Å². The van der Waals surface area contributed by atoms with Crippen molar-refractivity contribution in [3.8, 4) is 0 Å². The molecule has 0 aromatic heterocycles. The maximum absolute atomic E-state index is 12.1. The van der Waals surface area contributed by atoms with E-state index in [1.54, 1.807) is 0 Å². The molecule has 1 aromatic carbocycles. The van der Waals surface area contributed by atoms with E-state index >= 15 is 0 Å². The van der Waals surface area contributed by atoms with E-state index in [1.807, 2.05) is 37.3 Å². The smallest absolute Gasteiger partial charge is 0.227 e. The van der Waals surface area contributed by atoms with Gasteiger partial charge in [-0.3, -0.25) is 4.79 Å². The number of nitrogens with one attached hydrogen (secondary N) is 1. The van der Waals surface area contributed by atoms with Crippen LogP contribution in [0.4, 0.5) is 0 Å². The highest BCUT2D eigenvalue weighted by Gasteiger charge is 2.18. The molecule has 1 rings (SSSR count). The minimum Gasteiger partial charge on any atom is -0.354 e. The highest BCUT2D eigenvalue weighted by Crippen LogP contribution is 2.19. The van der Waals surface area contributed by atoms with E-state index in [0.29, 0.717) is 6.54 Å². The summed E-state index contributed by atoms with van der Waals surface area (Å²) in [5.74, 6) is 0.00199. The van der Waals surface area contributed by atoms with Crippen molar-refractivity contribution in [2.75, 3.05) is 6.54 Å². The number of rotatable bonds is 7. The molecule has 0 aliphatic heterocycles. The molecule has 0 aliphatic rings. The number of hydrogen-bond donors (Lipinski definition) is 1. The fraction of sp³-hybridized carbons (Fsp3) is 0.533. The first-order valence-electron chi connectivity index (χ1n) is 6.65. The van der Waals surface area contributed by atoms with Gasteiger partial charge in [-0.2, -0.15) is 0 Å². The van der Waals surface area contributed by atoms with E-state index in [4.69, 9.17) is 11.6 Å². The molecule has 2 atom stereocenters. The van der Waals surface area contributed by atoms with Gasteiger partial charge in [0.1, 0.15) is 0 Å². The van der Waals surface area contributed by atoms with Gasteiger partial charge in [0.2, 0.25) is 5.91 Å². The molecule has 2 unspecified atom stereocenters. The van der Waals surface area contributed by atoms with E-state index in [9.17, 15) is 4.79 Å². The number of carbonyl (C=O) groups is 1. The zero-order valence-electron chi connectivity index (χ0n) is 11.2. The van der Waals surface area contributed by atoms with Crippen LogP contribution in [0.25, 0.3) is 0 Å². The van der Waals surface area contributed by atoms with E-state index in [2.05, 4.69) is 12.2 Å². The van der Waals surface area contributed by atoms with Crippen molar-refractivity contribution in [2.24, 2.45) is 0 Å². The van der Waals surface area contributed by atoms with Crippen molar-refractivity contribution in [3.63, 3.8) is 0 Å². The Bertz CT molecular complexity index is 353. The Morgan fingerprint density at radius 3 is 2.50 bits per heavy atom. The number of halogens is 1. The zero-order chi connectivity index (χ0) is 13.4. The van der Waals surface area contributed by atoms with E-state index in [-0.39, 0.29) is 17.2 Å². The summed E-state index contributed by atoms with van der Waals surface area (Å²) in [6, 6.07) is 9.89. The Morgan fingerprint density at radius 2 is 1.94 bits per heavy atom. The molecule has 100 valence electrons. The van der Waals surface area contributed by atoms with Crippen molar-refractivity contribution >= 4 is 17.5 Å². The number of hydrogen-bond acceptors (Lipinski definition) is 1. The van der Waals surface area contributed by atoms with Crippen molar-refractivity contribution < 1.29 is 4.79 Å². The summed E-state index contributed by atoms with van der Waals surface area (Å²) in [5, 5.41) is 2.98. The lowest BCUT2D eigenvalue weighted by atomic mass is 9.95. The van der Waals surface area contributed by atoms with Crippen LogP contribution in [0.2, 0.25) is 0 Å². The van der Waals surface area contributed by atoms with Crippen molar-refractivity contribution in [1.29, 1.82) is 0 Å². The van der Waals surface area contributed by atoms with Gasteiger partial charge in [-0.25, -0.2) is 0 Å². The molecular formula is C15H22ClNO. The summed E-state index contributed by atoms with van der Waals surface area (Å²) >= 11 is 6.10. The molecule has 0 radical (unpaired) electrons. The quantitative estimate of drug-likeness (QED) is 0.750. The van der Waals surface area contributed by atoms with Gasteiger partial charge in [-0.05, 0) is 18.4 Å². The summed E-state index contributed by atoms with van der Waals surface area (Å²) in [6.07, 6.45) is 2.78. The fourth-order valence-electron chi connectivity index (χ4n) is 2.01. The van der Waals surface area contributed by atoms with Gasteiger partial charge in [0.15, 0.2) is 0 Å². The third kappa shape index (κ3) is 4.69. The Balaban J connectivity index is 2.53. The maximum Gasteiger partial charge on any atom is 0.227 e. The van der Waals surface area contributed by atoms with Crippen LogP contribution >= 0.6 is 11.6 Å². The first kappa shape index (κ1) is 15.0. The Kier molecular flexibility index (Phi) is 6.81. The van der Waals surface area contributed by atoms with Gasteiger partial charge in [0.25, 0.3) is 0 Å². The number of carbonyl (C=O) groups excluding carboxylic acids is 1. The molecular weight excluding hydrogens is 246 g/mol. The number of amides is 1. The van der Waals surface area contributed by atoms with Crippen LogP contribution in [0.15, 0.2) is 30.3 Å². The highest BCUT2D eigenvalue weighted by molar-refractivity contribution is 6.20. The van der Waals surface area contributed by atoms with Gasteiger partial charge in [0.05, 0.1) is 11.3 Å². The molecule has 0 bridgehead atoms. The molecule has 0 saturated heterocycles. The van der Waals surface area contributed by atoms with Crippen molar-refractivity contribution in [1.82, 2.24) is 5.32 Å². The standard InChI is InChI=1S/C15H22ClNO/c1-3-8-13(16)11-17-15(18)14(4-2)12-9-6-5-7-10-12/h5-7,9-10,13-14H,3-4,8,11H2,1-2H3,(H,17,18). The summed E-state index contributed by atoms with van der Waals surface area (Å²) < 4.78 is 0. The van der Waals surface area contributed by atoms with Gasteiger partial charge < -0.3 is 5.32 Å². The van der Waals surface area contributed by atoms with Crippen LogP contribution < -0.4 is 5.32 Å². The molecule has 0 heterocycles. The summed E-state index contributed by atoms with van der Waals surface area (Å²) in [4.78, 5) is 12.1. The minimum atomic E-state index is -0.0725. The molecule has 0 aliphatic carbocycles. The molecule has 18 heavy (non-hydrogen) atoms. The van der Waals surface area contributed by atoms with Crippen LogP contribution in [0.5, 0.6) is 0 Å². The molecule has 1 amide bonds. The lowest BCUT2D eigenvalue weighted by Crippen LogP contribution is -2.33. The molecule has 0 fully saturated rings. The van der Waals surface area contributed by atoms with Crippen molar-refractivity contribution in [2.45, 2.75) is 44.4 Å². The molecule has 1 aromatic rings. The topological polar surface area (TPSA) is 29.1 Å². The second-order valence-electron chi connectivity index (χ2n) is 4.50. The predicted octanol–water partition coefficient (Wildman–Crippen LogP) is 3.70. The van der Waals surface area contributed by atoms with Gasteiger partial charge >= 0.3 is 0 Å². The second kappa shape index (κ2) is 8.15. The van der Waals surface area contributed by atoms with Gasteiger partial charge in [-0.1, -0.05) is 50.6 Å². The van der Waals surface area contributed by atoms with Crippen molar-refractivity contribution in [3.05, 3.63) is 35.9 Å². The third-order valence-corrected chi connectivity index (χ3v) is 3.40. The highest BCUT2D eigenvalue weighted by atomic mass is 35.5. The van der Waals surface area contributed by atoms with E-state index < -0.39 is 0 Å². The molecule has 0 spiro atoms. The maximum atomic E-state index is 12.1. The average molecular weight is 268 g/mol. The first-order valence-corrected chi connectivity index (χ1v) is 7.09. The lowest BCUT2D eigenvalue weighted by molar-refractivity contribution is -0.122. The Hall–Kier alpha value is -1.02. The predicted molar refractivity (Wildman–Crippen MR) is 77.0 cm³/mol. The third-order valence-electron chi connectivity index (χ3n) is 3.03. The van der Waals surface area contributed by atoms with E-state index in [1.165, 1.54) is 0 Å².